The van der Waals surface area contributed by atoms with E-state index in [9.17, 15) is 44.6 Å². The number of rotatable bonds is 25. The Labute approximate surface area is 347 Å². The molecule has 2 saturated carbocycles. The van der Waals surface area contributed by atoms with E-state index in [-0.39, 0.29) is 30.7 Å². The molecular weight excluding hydrogens is 822 g/mol. The summed E-state index contributed by atoms with van der Waals surface area (Å²) in [5, 5.41) is 9.19. The van der Waals surface area contributed by atoms with Gasteiger partial charge in [0.15, 0.2) is 0 Å². The van der Waals surface area contributed by atoms with Crippen LogP contribution in [0.25, 0.3) is 0 Å². The minimum atomic E-state index is -6.74. The fourth-order valence-corrected chi connectivity index (χ4v) is 11.1. The molecule has 1 aromatic rings. The summed E-state index contributed by atoms with van der Waals surface area (Å²) in [5.74, 6) is 4.00. The molecule has 0 bridgehead atoms. The van der Waals surface area contributed by atoms with E-state index in [4.69, 9.17) is 15.6 Å². The molecule has 0 aliphatic heterocycles. The van der Waals surface area contributed by atoms with Crippen LogP contribution < -0.4 is 4.74 Å². The van der Waals surface area contributed by atoms with E-state index < -0.39 is 37.2 Å². The summed E-state index contributed by atoms with van der Waals surface area (Å²) in [4.78, 5) is 2.35. The Morgan fingerprint density at radius 2 is 1.55 bits per heavy atom. The van der Waals surface area contributed by atoms with Gasteiger partial charge in [-0.05, 0) is 137 Å². The number of benzene rings is 1. The fourth-order valence-electron chi connectivity index (χ4n) is 9.19. The second-order valence-electron chi connectivity index (χ2n) is 16.3. The predicted molar refractivity (Wildman–Crippen MR) is 210 cm³/mol. The number of hydrogen-bond acceptors (Lipinski definition) is 8. The van der Waals surface area contributed by atoms with E-state index >= 15 is 0 Å². The monoisotopic (exact) mass is 884 g/mol. The Morgan fingerprint density at radius 3 is 2.26 bits per heavy atom. The average Bonchev–Trinajstić information content (AvgIpc) is 3.50. The van der Waals surface area contributed by atoms with E-state index in [2.05, 4.69) is 35.7 Å². The van der Waals surface area contributed by atoms with Gasteiger partial charge < -0.3 is 29.0 Å². The highest BCUT2D eigenvalue weighted by atomic mass is 33.1. The van der Waals surface area contributed by atoms with Crippen LogP contribution in [0.2, 0.25) is 0 Å². The summed E-state index contributed by atoms with van der Waals surface area (Å²) in [6.45, 7) is 4.75. The first-order valence-electron chi connectivity index (χ1n) is 21.2. The van der Waals surface area contributed by atoms with E-state index in [0.717, 1.165) is 94.6 Å². The van der Waals surface area contributed by atoms with Crippen molar-refractivity contribution in [3.8, 4) is 5.75 Å². The number of nitrogens with zero attached hydrogens (tertiary/aromatic N) is 1. The summed E-state index contributed by atoms with van der Waals surface area (Å²) in [5.41, 5.74) is -3.93. The van der Waals surface area contributed by atoms with Crippen molar-refractivity contribution in [1.29, 1.82) is 0 Å². The smallest absolute Gasteiger partial charge is 0.435 e. The van der Waals surface area contributed by atoms with Crippen molar-refractivity contribution < 1.29 is 64.9 Å². The summed E-state index contributed by atoms with van der Waals surface area (Å²) in [6.07, 6.45) is -11.0. The van der Waals surface area contributed by atoms with Crippen LogP contribution in [0.5, 0.6) is 5.75 Å². The van der Waals surface area contributed by atoms with Crippen molar-refractivity contribution in [2.24, 2.45) is 23.2 Å². The van der Waals surface area contributed by atoms with Crippen LogP contribution in [0.1, 0.15) is 103 Å². The lowest BCUT2D eigenvalue weighted by molar-refractivity contribution is -0.457. The Kier molecular flexibility index (Phi) is 18.4. The maximum Gasteiger partial charge on any atom is 0.435 e. The summed E-state index contributed by atoms with van der Waals surface area (Å²) < 4.78 is 148. The van der Waals surface area contributed by atoms with Gasteiger partial charge in [0.05, 0.1) is 25.9 Å². The van der Waals surface area contributed by atoms with E-state index in [1.54, 1.807) is 0 Å². The van der Waals surface area contributed by atoms with Gasteiger partial charge in [-0.25, -0.2) is 0 Å². The standard InChI is InChI=1S/C41H62F9NO5S2/c1-29(28-52)9-4-5-18-51(3)19-6-25-57-58-26-24-53-20-7-21-54-31-11-13-32-30(27-31)10-12-34-33(32)16-17-37(2)35(34)14-15-36(37)55-22-8-23-56-38(39(42,43)44,40(45,46)47)41(48,49)50/h11,13,27,29,33-36,52H,4-10,12,14-26,28H2,1-3H3/t29?,33-,34-,35+,36+,37+/m1/s1/i1D. The van der Waals surface area contributed by atoms with E-state index in [1.807, 2.05) is 27.7 Å². The molecule has 0 aromatic heterocycles. The summed E-state index contributed by atoms with van der Waals surface area (Å²) in [6, 6.07) is 6.31. The van der Waals surface area contributed by atoms with Crippen molar-refractivity contribution in [2.45, 2.75) is 127 Å². The van der Waals surface area contributed by atoms with E-state index in [0.29, 0.717) is 50.9 Å². The van der Waals surface area contributed by atoms with Crippen LogP contribution >= 0.6 is 21.6 Å². The number of aliphatic hydroxyl groups is 1. The number of fused-ring (bicyclic) bond motifs is 5. The van der Waals surface area contributed by atoms with Gasteiger partial charge in [0.25, 0.3) is 0 Å². The van der Waals surface area contributed by atoms with Gasteiger partial charge in [-0.15, -0.1) is 0 Å². The molecule has 17 heteroatoms. The van der Waals surface area contributed by atoms with Gasteiger partial charge in [-0.2, -0.15) is 39.5 Å². The van der Waals surface area contributed by atoms with Gasteiger partial charge >= 0.3 is 24.1 Å². The molecule has 336 valence electrons. The molecule has 4 rings (SSSR count). The summed E-state index contributed by atoms with van der Waals surface area (Å²) >= 11 is 0. The second-order valence-corrected chi connectivity index (χ2v) is 19.0. The topological polar surface area (TPSA) is 60.4 Å². The highest BCUT2D eigenvalue weighted by Gasteiger charge is 2.85. The quantitative estimate of drug-likeness (QED) is 0.0592. The predicted octanol–water partition coefficient (Wildman–Crippen LogP) is 11.0. The Morgan fingerprint density at radius 1 is 0.845 bits per heavy atom. The molecule has 58 heavy (non-hydrogen) atoms. The SMILES string of the molecule is [2H]CC(CO)CCCCN(C)CCCSSCCOCCCOc1ccc2c(c1)CC[C@@H]1[C@@H]2CC[C@]2(C)[C@@H](OCCCOC(C(F)(F)F)(C(F)(F)F)C(F)(F)F)CC[C@@H]12. The van der Waals surface area contributed by atoms with Crippen LogP contribution in [0.15, 0.2) is 18.2 Å². The number of ether oxygens (including phenoxy) is 4. The molecule has 2 fully saturated rings. The molecule has 3 aliphatic rings. The zero-order valence-electron chi connectivity index (χ0n) is 34.6. The van der Waals surface area contributed by atoms with Crippen LogP contribution in [-0.2, 0) is 20.6 Å². The molecule has 6 atom stereocenters. The first-order valence-corrected chi connectivity index (χ1v) is 23.0. The molecule has 1 N–H and O–H groups in total. The highest BCUT2D eigenvalue weighted by molar-refractivity contribution is 8.76. The zero-order valence-corrected chi connectivity index (χ0v) is 35.3. The van der Waals surface area contributed by atoms with Crippen LogP contribution in [0.4, 0.5) is 39.5 Å². The van der Waals surface area contributed by atoms with Crippen molar-refractivity contribution in [1.82, 2.24) is 4.90 Å². The molecule has 0 spiro atoms. The Hall–Kier alpha value is -1.11. The maximum atomic E-state index is 13.2. The molecule has 1 unspecified atom stereocenters. The molecule has 6 nitrogen and oxygen atoms in total. The Bertz CT molecular complexity index is 1350. The number of alkyl halides is 9. The fraction of sp³-hybridized carbons (Fsp3) is 0.854. The third kappa shape index (κ3) is 12.7. The number of unbranched alkanes of at least 4 members (excludes halogenated alkanes) is 1. The number of hydrogen-bond donors (Lipinski definition) is 1. The molecule has 0 heterocycles. The third-order valence-electron chi connectivity index (χ3n) is 12.3. The van der Waals surface area contributed by atoms with E-state index in [1.165, 1.54) is 11.1 Å². The van der Waals surface area contributed by atoms with Gasteiger partial charge in [0.1, 0.15) is 5.75 Å². The first kappa shape index (κ1) is 47.9. The molecule has 3 aliphatic carbocycles. The highest BCUT2D eigenvalue weighted by Crippen LogP contribution is 2.62. The lowest BCUT2D eigenvalue weighted by Crippen LogP contribution is -2.67. The van der Waals surface area contributed by atoms with Crippen LogP contribution in [-0.4, -0.2) is 112 Å². The maximum absolute atomic E-state index is 13.2. The lowest BCUT2D eigenvalue weighted by Gasteiger charge is -2.50. The van der Waals surface area contributed by atoms with Crippen molar-refractivity contribution in [3.05, 3.63) is 29.3 Å². The first-order chi connectivity index (χ1) is 27.9. The number of halogens is 9. The minimum Gasteiger partial charge on any atom is -0.493 e. The van der Waals surface area contributed by atoms with Gasteiger partial charge in [-0.1, -0.05) is 47.9 Å². The van der Waals surface area contributed by atoms with Gasteiger partial charge in [0.2, 0.25) is 0 Å². The second kappa shape index (κ2) is 22.3. The van der Waals surface area contributed by atoms with Crippen molar-refractivity contribution in [2.75, 3.05) is 71.3 Å². The Balaban J connectivity index is 1.09. The minimum absolute atomic E-state index is 0.108. The van der Waals surface area contributed by atoms with Gasteiger partial charge in [0, 0.05) is 39.1 Å². The average molecular weight is 885 g/mol. The number of aryl methyl sites for hydroxylation is 1. The molecule has 0 saturated heterocycles. The zero-order chi connectivity index (χ0) is 43.3. The molecule has 1 aromatic carbocycles. The molecule has 0 radical (unpaired) electrons. The largest absolute Gasteiger partial charge is 0.493 e. The lowest BCUT2D eigenvalue weighted by atomic mass is 9.55. The molecular formula is C41H62F9NO5S2. The van der Waals surface area contributed by atoms with Crippen molar-refractivity contribution >= 4 is 21.6 Å². The number of aliphatic hydroxyl groups excluding tert-OH is 1. The van der Waals surface area contributed by atoms with Crippen LogP contribution in [0, 0.1) is 23.2 Å². The molecule has 0 amide bonds. The third-order valence-corrected chi connectivity index (χ3v) is 14.7. The van der Waals surface area contributed by atoms with Gasteiger partial charge in [-0.3, -0.25) is 0 Å². The van der Waals surface area contributed by atoms with Crippen LogP contribution in [0.3, 0.4) is 0 Å². The normalized spacial score (nSPS) is 24.7. The summed E-state index contributed by atoms with van der Waals surface area (Å²) in [7, 11) is 5.85. The van der Waals surface area contributed by atoms with Crippen molar-refractivity contribution in [3.63, 3.8) is 0 Å².